The molecule has 1 saturated heterocycles. The van der Waals surface area contributed by atoms with Crippen molar-refractivity contribution in [3.05, 3.63) is 64.5 Å². The van der Waals surface area contributed by atoms with Crippen molar-refractivity contribution in [2.24, 2.45) is 0 Å². The molecule has 0 N–H and O–H groups in total. The third-order valence-corrected chi connectivity index (χ3v) is 7.17. The molecule has 0 aliphatic carbocycles. The molecule has 3 aromatic rings. The van der Waals surface area contributed by atoms with E-state index >= 15 is 0 Å². The molecular weight excluding hydrogens is 438 g/mol. The van der Waals surface area contributed by atoms with Crippen LogP contribution in [0.1, 0.15) is 5.82 Å². The molecule has 0 unspecified atom stereocenters. The van der Waals surface area contributed by atoms with E-state index in [0.29, 0.717) is 25.5 Å². The highest BCUT2D eigenvalue weighted by atomic mass is 32.2. The molecule has 0 atom stereocenters. The Hall–Kier alpha value is -3.42. The fourth-order valence-corrected chi connectivity index (χ4v) is 5.10. The summed E-state index contributed by atoms with van der Waals surface area (Å²) in [5.74, 6) is 1.34. The Morgan fingerprint density at radius 1 is 1.06 bits per heavy atom. The predicted molar refractivity (Wildman–Crippen MR) is 113 cm³/mol. The van der Waals surface area contributed by atoms with Gasteiger partial charge in [0.05, 0.1) is 24.3 Å². The number of benzene rings is 2. The number of ether oxygens (including phenoxy) is 1. The molecule has 0 amide bonds. The van der Waals surface area contributed by atoms with Crippen LogP contribution < -0.4 is 4.74 Å². The zero-order chi connectivity index (χ0) is 22.7. The van der Waals surface area contributed by atoms with Crippen molar-refractivity contribution in [1.82, 2.24) is 29.4 Å². The minimum atomic E-state index is -3.97. The van der Waals surface area contributed by atoms with E-state index in [1.165, 1.54) is 28.6 Å². The molecule has 12 nitrogen and oxygen atoms in total. The minimum absolute atomic E-state index is 0.207. The van der Waals surface area contributed by atoms with Gasteiger partial charge in [-0.25, -0.2) is 8.42 Å². The van der Waals surface area contributed by atoms with Crippen molar-refractivity contribution in [1.29, 1.82) is 0 Å². The van der Waals surface area contributed by atoms with E-state index in [1.54, 1.807) is 11.8 Å². The minimum Gasteiger partial charge on any atom is -0.497 e. The molecule has 1 aliphatic rings. The van der Waals surface area contributed by atoms with Crippen LogP contribution in [0.15, 0.2) is 53.4 Å². The van der Waals surface area contributed by atoms with Gasteiger partial charge >= 0.3 is 0 Å². The average molecular weight is 459 g/mol. The van der Waals surface area contributed by atoms with Gasteiger partial charge in [0.15, 0.2) is 10.7 Å². The summed E-state index contributed by atoms with van der Waals surface area (Å²) in [6.07, 6.45) is 0. The van der Waals surface area contributed by atoms with E-state index in [2.05, 4.69) is 15.5 Å². The maximum atomic E-state index is 13.0. The zero-order valence-electron chi connectivity index (χ0n) is 17.2. The van der Waals surface area contributed by atoms with E-state index in [9.17, 15) is 18.5 Å². The van der Waals surface area contributed by atoms with Crippen molar-refractivity contribution < 1.29 is 18.1 Å². The van der Waals surface area contributed by atoms with Crippen LogP contribution in [0.4, 0.5) is 5.69 Å². The number of nitro benzene ring substituents is 1. The largest absolute Gasteiger partial charge is 0.497 e. The fraction of sp³-hybridized carbons (Fsp3) is 0.316. The maximum absolute atomic E-state index is 13.0. The summed E-state index contributed by atoms with van der Waals surface area (Å²) in [5.41, 5.74) is 0.358. The Morgan fingerprint density at radius 3 is 2.41 bits per heavy atom. The average Bonchev–Trinajstić information content (AvgIpc) is 3.27. The number of para-hydroxylation sites is 1. The number of tetrazole rings is 1. The summed E-state index contributed by atoms with van der Waals surface area (Å²) >= 11 is 0. The van der Waals surface area contributed by atoms with Gasteiger partial charge in [-0.15, -0.1) is 5.10 Å². The van der Waals surface area contributed by atoms with Gasteiger partial charge in [-0.2, -0.15) is 8.99 Å². The number of piperazine rings is 1. The van der Waals surface area contributed by atoms with Crippen molar-refractivity contribution in [3.63, 3.8) is 0 Å². The van der Waals surface area contributed by atoms with Gasteiger partial charge in [0, 0.05) is 32.2 Å². The highest BCUT2D eigenvalue weighted by Gasteiger charge is 2.33. The molecule has 0 spiro atoms. The number of aromatic nitrogens is 4. The van der Waals surface area contributed by atoms with E-state index in [-0.39, 0.29) is 18.0 Å². The van der Waals surface area contributed by atoms with E-state index in [0.717, 1.165) is 11.4 Å². The van der Waals surface area contributed by atoms with Crippen molar-refractivity contribution in [3.8, 4) is 11.4 Å². The summed E-state index contributed by atoms with van der Waals surface area (Å²) in [5, 5.41) is 23.2. The SMILES string of the molecule is COc1ccc(-n2nnnc2CN2CCN(S(=O)(=O)c3ccccc3[N+](=O)[O-])CC2)cc1. The Morgan fingerprint density at radius 2 is 1.75 bits per heavy atom. The van der Waals surface area contributed by atoms with Gasteiger partial charge in [-0.3, -0.25) is 15.0 Å². The van der Waals surface area contributed by atoms with E-state index < -0.39 is 20.6 Å². The lowest BCUT2D eigenvalue weighted by atomic mass is 10.3. The third kappa shape index (κ3) is 4.30. The summed E-state index contributed by atoms with van der Waals surface area (Å²) < 4.78 is 34.0. The molecule has 4 rings (SSSR count). The molecule has 168 valence electrons. The number of nitrogens with zero attached hydrogens (tertiary/aromatic N) is 7. The molecule has 1 aromatic heterocycles. The number of hydrogen-bond donors (Lipinski definition) is 0. The van der Waals surface area contributed by atoms with Gasteiger partial charge < -0.3 is 4.74 Å². The van der Waals surface area contributed by atoms with Crippen LogP contribution in [-0.4, -0.2) is 76.0 Å². The first kappa shape index (κ1) is 21.8. The Balaban J connectivity index is 1.44. The monoisotopic (exact) mass is 459 g/mol. The number of hydrogen-bond acceptors (Lipinski definition) is 9. The van der Waals surface area contributed by atoms with Gasteiger partial charge in [0.1, 0.15) is 5.75 Å². The van der Waals surface area contributed by atoms with Crippen LogP contribution in [-0.2, 0) is 16.6 Å². The van der Waals surface area contributed by atoms with Gasteiger partial charge in [0.2, 0.25) is 10.0 Å². The lowest BCUT2D eigenvalue weighted by Crippen LogP contribution is -2.48. The van der Waals surface area contributed by atoms with Crippen LogP contribution in [0.25, 0.3) is 5.69 Å². The topological polar surface area (TPSA) is 137 Å². The summed E-state index contributed by atoms with van der Waals surface area (Å²) in [6, 6.07) is 12.7. The van der Waals surface area contributed by atoms with Crippen molar-refractivity contribution >= 4 is 15.7 Å². The van der Waals surface area contributed by atoms with Gasteiger partial charge in [-0.05, 0) is 40.8 Å². The normalized spacial score (nSPS) is 15.5. The molecule has 13 heteroatoms. The van der Waals surface area contributed by atoms with Crippen LogP contribution in [0.2, 0.25) is 0 Å². The van der Waals surface area contributed by atoms with Crippen LogP contribution in [0.3, 0.4) is 0 Å². The zero-order valence-corrected chi connectivity index (χ0v) is 18.1. The van der Waals surface area contributed by atoms with Crippen molar-refractivity contribution in [2.75, 3.05) is 33.3 Å². The molecule has 1 aliphatic heterocycles. The number of rotatable bonds is 7. The standard InChI is InChI=1S/C19H21N7O5S/c1-31-16-8-6-15(7-9-16)25-19(20-21-22-25)14-23-10-12-24(13-11-23)32(29,30)18-5-3-2-4-17(18)26(27)28/h2-9H,10-14H2,1H3. The smallest absolute Gasteiger partial charge is 0.289 e. The molecule has 1 fully saturated rings. The highest BCUT2D eigenvalue weighted by molar-refractivity contribution is 7.89. The summed E-state index contributed by atoms with van der Waals surface area (Å²) in [7, 11) is -2.38. The Bertz CT molecular complexity index is 1200. The van der Waals surface area contributed by atoms with Gasteiger partial charge in [-0.1, -0.05) is 12.1 Å². The first-order chi connectivity index (χ1) is 15.4. The number of nitro groups is 1. The first-order valence-electron chi connectivity index (χ1n) is 9.78. The Kier molecular flexibility index (Phi) is 6.12. The summed E-state index contributed by atoms with van der Waals surface area (Å²) in [6.45, 7) is 1.72. The fourth-order valence-electron chi connectivity index (χ4n) is 3.52. The van der Waals surface area contributed by atoms with E-state index in [4.69, 9.17) is 4.74 Å². The van der Waals surface area contributed by atoms with Crippen LogP contribution in [0, 0.1) is 10.1 Å². The van der Waals surface area contributed by atoms with Crippen molar-refractivity contribution in [2.45, 2.75) is 11.4 Å². The lowest BCUT2D eigenvalue weighted by molar-refractivity contribution is -0.387. The number of sulfonamides is 1. The third-order valence-electron chi connectivity index (χ3n) is 5.23. The second-order valence-corrected chi connectivity index (χ2v) is 9.02. The molecule has 0 bridgehead atoms. The second kappa shape index (κ2) is 8.98. The van der Waals surface area contributed by atoms with Crippen LogP contribution in [0.5, 0.6) is 5.75 Å². The molecule has 32 heavy (non-hydrogen) atoms. The molecule has 2 heterocycles. The second-order valence-electron chi connectivity index (χ2n) is 7.11. The highest BCUT2D eigenvalue weighted by Crippen LogP contribution is 2.27. The molecule has 0 saturated carbocycles. The Labute approximate surface area is 184 Å². The predicted octanol–water partition coefficient (Wildman–Crippen LogP) is 1.09. The molecule has 2 aromatic carbocycles. The molecular formula is C19H21N7O5S. The lowest BCUT2D eigenvalue weighted by Gasteiger charge is -2.33. The first-order valence-corrected chi connectivity index (χ1v) is 11.2. The maximum Gasteiger partial charge on any atom is 0.289 e. The quantitative estimate of drug-likeness (QED) is 0.375. The van der Waals surface area contributed by atoms with Crippen LogP contribution >= 0.6 is 0 Å². The summed E-state index contributed by atoms with van der Waals surface area (Å²) in [4.78, 5) is 12.3. The number of methoxy groups -OCH3 is 1. The molecule has 0 radical (unpaired) electrons. The van der Waals surface area contributed by atoms with Gasteiger partial charge in [0.25, 0.3) is 5.69 Å². The van der Waals surface area contributed by atoms with E-state index in [1.807, 2.05) is 29.2 Å².